The van der Waals surface area contributed by atoms with Crippen LogP contribution in [0.15, 0.2) is 24.3 Å². The molecule has 24 heavy (non-hydrogen) atoms. The second-order valence-electron chi connectivity index (χ2n) is 6.38. The van der Waals surface area contributed by atoms with Gasteiger partial charge in [0.25, 0.3) is 0 Å². The minimum atomic E-state index is -0.280. The molecule has 0 bridgehead atoms. The quantitative estimate of drug-likeness (QED) is 0.733. The van der Waals surface area contributed by atoms with E-state index in [1.807, 2.05) is 31.2 Å². The molecule has 0 saturated carbocycles. The lowest BCUT2D eigenvalue weighted by molar-refractivity contribution is -0.123. The topological polar surface area (TPSA) is 70.2 Å². The maximum Gasteiger partial charge on any atom is 0.222 e. The summed E-state index contributed by atoms with van der Waals surface area (Å²) >= 11 is 0. The van der Waals surface area contributed by atoms with Gasteiger partial charge in [-0.25, -0.2) is 0 Å². The average Bonchev–Trinajstić information content (AvgIpc) is 2.53. The van der Waals surface area contributed by atoms with Crippen LogP contribution in [0.2, 0.25) is 0 Å². The van der Waals surface area contributed by atoms with Crippen LogP contribution in [0.3, 0.4) is 0 Å². The third kappa shape index (κ3) is 6.89. The van der Waals surface area contributed by atoms with Crippen LogP contribution in [-0.2, 0) is 9.59 Å². The van der Waals surface area contributed by atoms with E-state index in [2.05, 4.69) is 16.0 Å². The SMILES string of the molecule is CC(=O)NC(CC(=O)NCC1CCCNC1)c1ccc(C)cc1.Cl. The second kappa shape index (κ2) is 10.3. The first kappa shape index (κ1) is 20.5. The zero-order valence-electron chi connectivity index (χ0n) is 14.4. The van der Waals surface area contributed by atoms with Gasteiger partial charge in [0.2, 0.25) is 11.8 Å². The van der Waals surface area contributed by atoms with E-state index in [1.54, 1.807) is 0 Å². The van der Waals surface area contributed by atoms with Crippen LogP contribution in [0.1, 0.15) is 43.4 Å². The van der Waals surface area contributed by atoms with Gasteiger partial charge in [-0.1, -0.05) is 29.8 Å². The predicted octanol–water partition coefficient (Wildman–Crippen LogP) is 2.10. The number of hydrogen-bond acceptors (Lipinski definition) is 3. The lowest BCUT2D eigenvalue weighted by atomic mass is 9.99. The molecule has 134 valence electrons. The van der Waals surface area contributed by atoms with Gasteiger partial charge in [0.05, 0.1) is 12.5 Å². The molecule has 1 aliphatic rings. The van der Waals surface area contributed by atoms with Gasteiger partial charge in [-0.05, 0) is 44.3 Å². The first-order valence-electron chi connectivity index (χ1n) is 8.35. The van der Waals surface area contributed by atoms with E-state index in [0.29, 0.717) is 12.5 Å². The Kier molecular flexibility index (Phi) is 8.79. The first-order chi connectivity index (χ1) is 11.0. The predicted molar refractivity (Wildman–Crippen MR) is 98.2 cm³/mol. The summed E-state index contributed by atoms with van der Waals surface area (Å²) in [7, 11) is 0. The van der Waals surface area contributed by atoms with Crippen LogP contribution in [0.4, 0.5) is 0 Å². The number of amides is 2. The molecule has 0 aliphatic carbocycles. The van der Waals surface area contributed by atoms with Crippen molar-refractivity contribution in [1.82, 2.24) is 16.0 Å². The van der Waals surface area contributed by atoms with E-state index in [-0.39, 0.29) is 36.7 Å². The van der Waals surface area contributed by atoms with Gasteiger partial charge in [0.15, 0.2) is 0 Å². The number of carbonyl (C=O) groups excluding carboxylic acids is 2. The van der Waals surface area contributed by atoms with Crippen molar-refractivity contribution >= 4 is 24.2 Å². The molecule has 0 spiro atoms. The number of aryl methyl sites for hydroxylation is 1. The smallest absolute Gasteiger partial charge is 0.222 e. The standard InChI is InChI=1S/C18H27N3O2.ClH/c1-13-5-7-16(8-6-13)17(21-14(2)22)10-18(23)20-12-15-4-3-9-19-11-15;/h5-8,15,17,19H,3-4,9-12H2,1-2H3,(H,20,23)(H,21,22);1H. The lowest BCUT2D eigenvalue weighted by Crippen LogP contribution is -2.39. The summed E-state index contributed by atoms with van der Waals surface area (Å²) in [5.41, 5.74) is 2.12. The number of piperidine rings is 1. The summed E-state index contributed by atoms with van der Waals surface area (Å²) in [6.45, 7) is 6.23. The molecule has 0 aromatic heterocycles. The maximum absolute atomic E-state index is 12.2. The number of nitrogens with one attached hydrogen (secondary N) is 3. The molecule has 0 radical (unpaired) electrons. The Balaban J connectivity index is 0.00000288. The van der Waals surface area contributed by atoms with Gasteiger partial charge in [-0.15, -0.1) is 12.4 Å². The Labute approximate surface area is 150 Å². The van der Waals surface area contributed by atoms with E-state index in [4.69, 9.17) is 0 Å². The van der Waals surface area contributed by atoms with Gasteiger partial charge in [-0.2, -0.15) is 0 Å². The molecular formula is C18H28ClN3O2. The Bertz CT molecular complexity index is 528. The van der Waals surface area contributed by atoms with Crippen LogP contribution >= 0.6 is 12.4 Å². The van der Waals surface area contributed by atoms with Crippen molar-refractivity contribution in [2.75, 3.05) is 19.6 Å². The van der Waals surface area contributed by atoms with Crippen LogP contribution in [0.5, 0.6) is 0 Å². The van der Waals surface area contributed by atoms with E-state index in [1.165, 1.54) is 13.3 Å². The fourth-order valence-corrected chi connectivity index (χ4v) is 2.91. The average molecular weight is 354 g/mol. The van der Waals surface area contributed by atoms with Crippen molar-refractivity contribution in [2.45, 2.75) is 39.2 Å². The largest absolute Gasteiger partial charge is 0.356 e. The first-order valence-corrected chi connectivity index (χ1v) is 8.35. The summed E-state index contributed by atoms with van der Waals surface area (Å²) in [5, 5.41) is 9.23. The molecule has 3 N–H and O–H groups in total. The maximum atomic E-state index is 12.2. The summed E-state index contributed by atoms with van der Waals surface area (Å²) in [6.07, 6.45) is 2.58. The monoisotopic (exact) mass is 353 g/mol. The molecule has 1 aromatic carbocycles. The minimum Gasteiger partial charge on any atom is -0.356 e. The third-order valence-electron chi connectivity index (χ3n) is 4.23. The van der Waals surface area contributed by atoms with Crippen LogP contribution in [0, 0.1) is 12.8 Å². The highest BCUT2D eigenvalue weighted by molar-refractivity contribution is 5.85. The van der Waals surface area contributed by atoms with Crippen LogP contribution < -0.4 is 16.0 Å². The van der Waals surface area contributed by atoms with Crippen molar-refractivity contribution in [2.24, 2.45) is 5.92 Å². The van der Waals surface area contributed by atoms with Crippen LogP contribution in [-0.4, -0.2) is 31.4 Å². The van der Waals surface area contributed by atoms with Crippen molar-refractivity contribution in [3.63, 3.8) is 0 Å². The third-order valence-corrected chi connectivity index (χ3v) is 4.23. The summed E-state index contributed by atoms with van der Waals surface area (Å²) in [6, 6.07) is 7.64. The highest BCUT2D eigenvalue weighted by Crippen LogP contribution is 2.18. The van der Waals surface area contributed by atoms with Crippen molar-refractivity contribution < 1.29 is 9.59 Å². The van der Waals surface area contributed by atoms with E-state index >= 15 is 0 Å². The van der Waals surface area contributed by atoms with E-state index in [9.17, 15) is 9.59 Å². The summed E-state index contributed by atoms with van der Waals surface area (Å²) in [5.74, 6) is 0.362. The number of rotatable bonds is 6. The van der Waals surface area contributed by atoms with E-state index < -0.39 is 0 Å². The number of halogens is 1. The summed E-state index contributed by atoms with van der Waals surface area (Å²) < 4.78 is 0. The van der Waals surface area contributed by atoms with E-state index in [0.717, 1.165) is 30.6 Å². The Morgan fingerprint density at radius 3 is 2.58 bits per heavy atom. The highest BCUT2D eigenvalue weighted by Gasteiger charge is 2.19. The zero-order valence-corrected chi connectivity index (χ0v) is 15.2. The van der Waals surface area contributed by atoms with Gasteiger partial charge in [0, 0.05) is 13.5 Å². The highest BCUT2D eigenvalue weighted by atomic mass is 35.5. The molecular weight excluding hydrogens is 326 g/mol. The van der Waals surface area contributed by atoms with Crippen molar-refractivity contribution in [3.8, 4) is 0 Å². The minimum absolute atomic E-state index is 0. The lowest BCUT2D eigenvalue weighted by Gasteiger charge is -2.24. The molecule has 2 unspecified atom stereocenters. The Morgan fingerprint density at radius 1 is 1.29 bits per heavy atom. The fraction of sp³-hybridized carbons (Fsp3) is 0.556. The normalized spacial score (nSPS) is 18.2. The molecule has 2 rings (SSSR count). The molecule has 1 aliphatic heterocycles. The molecule has 6 heteroatoms. The fourth-order valence-electron chi connectivity index (χ4n) is 2.91. The molecule has 2 atom stereocenters. The number of hydrogen-bond donors (Lipinski definition) is 3. The molecule has 1 heterocycles. The second-order valence-corrected chi connectivity index (χ2v) is 6.38. The van der Waals surface area contributed by atoms with Gasteiger partial charge < -0.3 is 16.0 Å². The Hall–Kier alpha value is -1.59. The number of carbonyl (C=O) groups is 2. The van der Waals surface area contributed by atoms with Gasteiger partial charge in [-0.3, -0.25) is 9.59 Å². The van der Waals surface area contributed by atoms with Crippen molar-refractivity contribution in [1.29, 1.82) is 0 Å². The molecule has 1 aromatic rings. The molecule has 1 saturated heterocycles. The molecule has 5 nitrogen and oxygen atoms in total. The van der Waals surface area contributed by atoms with Gasteiger partial charge in [0.1, 0.15) is 0 Å². The summed E-state index contributed by atoms with van der Waals surface area (Å²) in [4.78, 5) is 23.7. The van der Waals surface area contributed by atoms with Gasteiger partial charge >= 0.3 is 0 Å². The van der Waals surface area contributed by atoms with Crippen LogP contribution in [0.25, 0.3) is 0 Å². The molecule has 1 fully saturated rings. The molecule has 2 amide bonds. The zero-order chi connectivity index (χ0) is 16.7. The Morgan fingerprint density at radius 2 is 2.00 bits per heavy atom. The number of benzene rings is 1. The van der Waals surface area contributed by atoms with Crippen molar-refractivity contribution in [3.05, 3.63) is 35.4 Å².